The number of aromatic nitrogens is 6. The van der Waals surface area contributed by atoms with Crippen LogP contribution < -0.4 is 5.56 Å². The van der Waals surface area contributed by atoms with Gasteiger partial charge in [0, 0.05) is 5.92 Å². The molecule has 0 saturated carbocycles. The highest BCUT2D eigenvalue weighted by Crippen LogP contribution is 2.16. The number of para-hydroxylation sites is 1. The van der Waals surface area contributed by atoms with E-state index in [-0.39, 0.29) is 23.5 Å². The van der Waals surface area contributed by atoms with Crippen LogP contribution in [0.3, 0.4) is 0 Å². The van der Waals surface area contributed by atoms with E-state index in [0.29, 0.717) is 11.5 Å². The molecule has 0 unspecified atom stereocenters. The molecule has 0 bridgehead atoms. The lowest BCUT2D eigenvalue weighted by atomic mass is 10.2. The van der Waals surface area contributed by atoms with Gasteiger partial charge in [-0.3, -0.25) is 9.36 Å². The third-order valence-electron chi connectivity index (χ3n) is 3.88. The number of hydrogen-bond acceptors (Lipinski definition) is 6. The summed E-state index contributed by atoms with van der Waals surface area (Å²) in [5.41, 5.74) is 1.14. The predicted octanol–water partition coefficient (Wildman–Crippen LogP) is 2.14. The molecule has 8 nitrogen and oxygen atoms in total. The van der Waals surface area contributed by atoms with Crippen molar-refractivity contribution >= 4 is 11.2 Å². The summed E-state index contributed by atoms with van der Waals surface area (Å²) in [4.78, 5) is 21.2. The minimum Gasteiger partial charge on any atom is -0.443 e. The van der Waals surface area contributed by atoms with Crippen molar-refractivity contribution in [2.45, 2.75) is 26.3 Å². The lowest BCUT2D eigenvalue weighted by Crippen LogP contribution is -2.21. The molecule has 0 aliphatic carbocycles. The fourth-order valence-corrected chi connectivity index (χ4v) is 2.51. The molecule has 0 N–H and O–H groups in total. The Bertz CT molecular complexity index is 1080. The molecule has 0 fully saturated rings. The molecule has 8 heteroatoms. The molecule has 0 amide bonds. The van der Waals surface area contributed by atoms with Crippen molar-refractivity contribution in [3.05, 3.63) is 64.9 Å². The van der Waals surface area contributed by atoms with Gasteiger partial charge in [0.2, 0.25) is 5.89 Å². The van der Waals surface area contributed by atoms with Crippen molar-refractivity contribution in [3.8, 4) is 5.69 Å². The zero-order valence-electron chi connectivity index (χ0n) is 13.8. The summed E-state index contributed by atoms with van der Waals surface area (Å²) in [5, 5.41) is 8.05. The zero-order valence-corrected chi connectivity index (χ0v) is 13.8. The van der Waals surface area contributed by atoms with Crippen LogP contribution in [0.4, 0.5) is 0 Å². The molecule has 3 aromatic heterocycles. The van der Waals surface area contributed by atoms with Crippen LogP contribution in [0.15, 0.2) is 52.1 Å². The van der Waals surface area contributed by atoms with E-state index in [4.69, 9.17) is 4.42 Å². The van der Waals surface area contributed by atoms with Gasteiger partial charge >= 0.3 is 0 Å². The Hall–Kier alpha value is -3.29. The zero-order chi connectivity index (χ0) is 17.4. The molecule has 0 aliphatic heterocycles. The van der Waals surface area contributed by atoms with Crippen LogP contribution in [-0.2, 0) is 6.54 Å². The smallest absolute Gasteiger partial charge is 0.284 e. The van der Waals surface area contributed by atoms with Crippen LogP contribution >= 0.6 is 0 Å². The summed E-state index contributed by atoms with van der Waals surface area (Å²) in [7, 11) is 0. The van der Waals surface area contributed by atoms with Crippen LogP contribution in [0.2, 0.25) is 0 Å². The van der Waals surface area contributed by atoms with Crippen molar-refractivity contribution in [1.29, 1.82) is 0 Å². The van der Waals surface area contributed by atoms with Crippen molar-refractivity contribution in [1.82, 2.24) is 29.5 Å². The van der Waals surface area contributed by atoms with Crippen molar-refractivity contribution in [2.24, 2.45) is 0 Å². The van der Waals surface area contributed by atoms with Gasteiger partial charge in [-0.15, -0.1) is 5.10 Å². The van der Waals surface area contributed by atoms with E-state index in [0.717, 1.165) is 11.4 Å². The SMILES string of the molecule is CC(C)c1cnc(Cn2cnc3c(nnn3-c3ccccc3)c2=O)o1. The molecule has 1 aromatic carbocycles. The minimum absolute atomic E-state index is 0.201. The summed E-state index contributed by atoms with van der Waals surface area (Å²) in [6.45, 7) is 4.24. The van der Waals surface area contributed by atoms with E-state index in [1.807, 2.05) is 44.2 Å². The maximum Gasteiger partial charge on any atom is 0.284 e. The van der Waals surface area contributed by atoms with Crippen LogP contribution in [-0.4, -0.2) is 29.5 Å². The summed E-state index contributed by atoms with van der Waals surface area (Å²) in [5.74, 6) is 1.49. The number of benzene rings is 1. The number of nitrogens with zero attached hydrogens (tertiary/aromatic N) is 6. The topological polar surface area (TPSA) is 91.6 Å². The highest BCUT2D eigenvalue weighted by molar-refractivity contribution is 5.70. The fraction of sp³-hybridized carbons (Fsp3) is 0.235. The standard InChI is InChI=1S/C17H16N6O2/c1-11(2)13-8-18-14(25-13)9-22-10-19-16-15(17(22)24)20-21-23(16)12-6-4-3-5-7-12/h3-8,10-11H,9H2,1-2H3. The first-order chi connectivity index (χ1) is 12.1. The first-order valence-electron chi connectivity index (χ1n) is 7.94. The molecule has 0 saturated heterocycles. The van der Waals surface area contributed by atoms with Crippen molar-refractivity contribution in [2.75, 3.05) is 0 Å². The van der Waals surface area contributed by atoms with Gasteiger partial charge in [0.05, 0.1) is 11.9 Å². The molecule has 0 aliphatic rings. The maximum atomic E-state index is 12.7. The Balaban J connectivity index is 1.72. The van der Waals surface area contributed by atoms with Crippen LogP contribution in [0.1, 0.15) is 31.4 Å². The number of oxazole rings is 1. The summed E-state index contributed by atoms with van der Waals surface area (Å²) in [6, 6.07) is 9.44. The van der Waals surface area contributed by atoms with Crippen LogP contribution in [0.5, 0.6) is 0 Å². The van der Waals surface area contributed by atoms with Gasteiger partial charge in [0.25, 0.3) is 5.56 Å². The molecule has 0 spiro atoms. The average molecular weight is 336 g/mol. The Morgan fingerprint density at radius 2 is 1.96 bits per heavy atom. The number of hydrogen-bond donors (Lipinski definition) is 0. The molecule has 126 valence electrons. The van der Waals surface area contributed by atoms with E-state index in [2.05, 4.69) is 20.3 Å². The second-order valence-electron chi connectivity index (χ2n) is 6.00. The van der Waals surface area contributed by atoms with Crippen LogP contribution in [0.25, 0.3) is 16.9 Å². The monoisotopic (exact) mass is 336 g/mol. The van der Waals surface area contributed by atoms with Gasteiger partial charge in [-0.25, -0.2) is 9.97 Å². The molecule has 4 rings (SSSR count). The average Bonchev–Trinajstić information content (AvgIpc) is 3.25. The summed E-state index contributed by atoms with van der Waals surface area (Å²) >= 11 is 0. The highest BCUT2D eigenvalue weighted by atomic mass is 16.4. The molecular formula is C17H16N6O2. The third kappa shape index (κ3) is 2.71. The summed E-state index contributed by atoms with van der Waals surface area (Å²) < 4.78 is 8.61. The Morgan fingerprint density at radius 3 is 2.68 bits per heavy atom. The molecular weight excluding hydrogens is 320 g/mol. The first kappa shape index (κ1) is 15.3. The molecule has 0 radical (unpaired) electrons. The van der Waals surface area contributed by atoms with Crippen molar-refractivity contribution in [3.63, 3.8) is 0 Å². The number of rotatable bonds is 4. The van der Waals surface area contributed by atoms with Gasteiger partial charge in [-0.05, 0) is 12.1 Å². The lowest BCUT2D eigenvalue weighted by molar-refractivity contribution is 0.426. The fourth-order valence-electron chi connectivity index (χ4n) is 2.51. The van der Waals surface area contributed by atoms with E-state index in [9.17, 15) is 4.79 Å². The van der Waals surface area contributed by atoms with Gasteiger partial charge in [-0.1, -0.05) is 37.3 Å². The van der Waals surface area contributed by atoms with Gasteiger partial charge in [-0.2, -0.15) is 4.68 Å². The minimum atomic E-state index is -0.281. The Kier molecular flexibility index (Phi) is 3.64. The van der Waals surface area contributed by atoms with Gasteiger partial charge < -0.3 is 4.42 Å². The molecule has 0 atom stereocenters. The van der Waals surface area contributed by atoms with E-state index >= 15 is 0 Å². The molecule has 25 heavy (non-hydrogen) atoms. The Morgan fingerprint density at radius 1 is 1.16 bits per heavy atom. The predicted molar refractivity (Wildman–Crippen MR) is 90.6 cm³/mol. The summed E-state index contributed by atoms with van der Waals surface area (Å²) in [6.07, 6.45) is 3.15. The quantitative estimate of drug-likeness (QED) is 0.567. The van der Waals surface area contributed by atoms with E-state index < -0.39 is 0 Å². The van der Waals surface area contributed by atoms with Gasteiger partial charge in [0.15, 0.2) is 11.2 Å². The first-order valence-corrected chi connectivity index (χ1v) is 7.94. The second-order valence-corrected chi connectivity index (χ2v) is 6.00. The second kappa shape index (κ2) is 5.97. The largest absolute Gasteiger partial charge is 0.443 e. The van der Waals surface area contributed by atoms with E-state index in [1.165, 1.54) is 10.9 Å². The molecule has 3 heterocycles. The molecule has 4 aromatic rings. The normalized spacial score (nSPS) is 11.5. The van der Waals surface area contributed by atoms with Crippen molar-refractivity contribution < 1.29 is 4.42 Å². The Labute approximate surface area is 142 Å². The highest BCUT2D eigenvalue weighted by Gasteiger charge is 2.15. The maximum absolute atomic E-state index is 12.7. The van der Waals surface area contributed by atoms with E-state index in [1.54, 1.807) is 10.9 Å². The third-order valence-corrected chi connectivity index (χ3v) is 3.88. The number of fused-ring (bicyclic) bond motifs is 1. The van der Waals surface area contributed by atoms with Gasteiger partial charge in [0.1, 0.15) is 18.6 Å². The van der Waals surface area contributed by atoms with Crippen LogP contribution in [0, 0.1) is 0 Å². The lowest BCUT2D eigenvalue weighted by Gasteiger charge is -2.03.